The van der Waals surface area contributed by atoms with Crippen LogP contribution in [0.15, 0.2) is 0 Å². The molecule has 16 heavy (non-hydrogen) atoms. The molecule has 0 N–H and O–H groups in total. The SMILES string of the molecule is CC.CC(=O)CN1CCC(CC(C)C)CC1. The summed E-state index contributed by atoms with van der Waals surface area (Å²) in [6, 6.07) is 0. The molecule has 1 rings (SSSR count). The molecule has 1 heterocycles. The quantitative estimate of drug-likeness (QED) is 0.734. The molecule has 0 unspecified atom stereocenters. The lowest BCUT2D eigenvalue weighted by Crippen LogP contribution is -2.37. The predicted molar refractivity (Wildman–Crippen MR) is 70.6 cm³/mol. The van der Waals surface area contributed by atoms with Crippen LogP contribution in [0.3, 0.4) is 0 Å². The van der Waals surface area contributed by atoms with Crippen LogP contribution >= 0.6 is 0 Å². The molecule has 1 fully saturated rings. The van der Waals surface area contributed by atoms with Crippen molar-refractivity contribution in [1.82, 2.24) is 4.90 Å². The first-order chi connectivity index (χ1) is 7.58. The van der Waals surface area contributed by atoms with E-state index in [0.29, 0.717) is 12.3 Å². The van der Waals surface area contributed by atoms with Crippen molar-refractivity contribution in [3.8, 4) is 0 Å². The Morgan fingerprint density at radius 3 is 2.12 bits per heavy atom. The lowest BCUT2D eigenvalue weighted by atomic mass is 9.88. The van der Waals surface area contributed by atoms with Gasteiger partial charge in [0.2, 0.25) is 0 Å². The van der Waals surface area contributed by atoms with Gasteiger partial charge in [0.15, 0.2) is 0 Å². The minimum absolute atomic E-state index is 0.298. The van der Waals surface area contributed by atoms with E-state index in [1.807, 2.05) is 13.8 Å². The van der Waals surface area contributed by atoms with Crippen molar-refractivity contribution in [1.29, 1.82) is 0 Å². The molecule has 0 radical (unpaired) electrons. The zero-order valence-electron chi connectivity index (χ0n) is 11.8. The number of hydrogen-bond acceptors (Lipinski definition) is 2. The van der Waals surface area contributed by atoms with Gasteiger partial charge in [-0.2, -0.15) is 0 Å². The largest absolute Gasteiger partial charge is 0.299 e. The summed E-state index contributed by atoms with van der Waals surface area (Å²) in [5.41, 5.74) is 0. The van der Waals surface area contributed by atoms with Gasteiger partial charge in [0.05, 0.1) is 6.54 Å². The van der Waals surface area contributed by atoms with Crippen LogP contribution < -0.4 is 0 Å². The van der Waals surface area contributed by atoms with Crippen LogP contribution in [0.25, 0.3) is 0 Å². The van der Waals surface area contributed by atoms with Gasteiger partial charge in [0, 0.05) is 0 Å². The molecule has 1 saturated heterocycles. The van der Waals surface area contributed by atoms with Crippen molar-refractivity contribution >= 4 is 5.78 Å². The van der Waals surface area contributed by atoms with Crippen LogP contribution in [-0.2, 0) is 4.79 Å². The lowest BCUT2D eigenvalue weighted by molar-refractivity contribution is -0.118. The third-order valence-electron chi connectivity index (χ3n) is 2.96. The molecule has 1 aliphatic heterocycles. The Bertz CT molecular complexity index is 181. The monoisotopic (exact) mass is 227 g/mol. The third-order valence-corrected chi connectivity index (χ3v) is 2.96. The van der Waals surface area contributed by atoms with Crippen LogP contribution in [0, 0.1) is 11.8 Å². The molecule has 2 nitrogen and oxygen atoms in total. The number of hydrogen-bond donors (Lipinski definition) is 0. The number of ketones is 1. The van der Waals surface area contributed by atoms with E-state index < -0.39 is 0 Å². The van der Waals surface area contributed by atoms with Crippen LogP contribution in [0.2, 0.25) is 0 Å². The molecule has 1 aliphatic rings. The summed E-state index contributed by atoms with van der Waals surface area (Å²) < 4.78 is 0. The van der Waals surface area contributed by atoms with Gasteiger partial charge in [-0.05, 0) is 51.1 Å². The van der Waals surface area contributed by atoms with Gasteiger partial charge in [-0.1, -0.05) is 27.7 Å². The highest BCUT2D eigenvalue weighted by molar-refractivity contribution is 5.77. The highest BCUT2D eigenvalue weighted by Crippen LogP contribution is 2.23. The minimum atomic E-state index is 0.298. The molecule has 2 heteroatoms. The number of carbonyl (C=O) groups is 1. The van der Waals surface area contributed by atoms with Crippen molar-refractivity contribution in [3.05, 3.63) is 0 Å². The molecule has 0 amide bonds. The number of carbonyl (C=O) groups excluding carboxylic acids is 1. The van der Waals surface area contributed by atoms with E-state index in [2.05, 4.69) is 18.7 Å². The standard InChI is InChI=1S/C12H23NO.C2H6/c1-10(2)8-12-4-6-13(7-5-12)9-11(3)14;1-2/h10,12H,4-9H2,1-3H3;1-2H3. The van der Waals surface area contributed by atoms with Gasteiger partial charge >= 0.3 is 0 Å². The molecule has 0 spiro atoms. The van der Waals surface area contributed by atoms with Crippen molar-refractivity contribution in [2.45, 2.75) is 53.9 Å². The van der Waals surface area contributed by atoms with Crippen molar-refractivity contribution in [2.75, 3.05) is 19.6 Å². The van der Waals surface area contributed by atoms with E-state index >= 15 is 0 Å². The topological polar surface area (TPSA) is 20.3 Å². The fourth-order valence-electron chi connectivity index (χ4n) is 2.36. The number of likely N-dealkylation sites (tertiary alicyclic amines) is 1. The fourth-order valence-corrected chi connectivity index (χ4v) is 2.36. The molecular formula is C14H29NO. The minimum Gasteiger partial charge on any atom is -0.299 e. The van der Waals surface area contributed by atoms with Gasteiger partial charge < -0.3 is 0 Å². The van der Waals surface area contributed by atoms with Crippen molar-refractivity contribution < 1.29 is 4.79 Å². The summed E-state index contributed by atoms with van der Waals surface area (Å²) in [7, 11) is 0. The molecule has 0 aromatic carbocycles. The Kier molecular flexibility index (Phi) is 8.54. The molecule has 96 valence electrons. The first-order valence-electron chi connectivity index (χ1n) is 6.79. The molecule has 0 bridgehead atoms. The average molecular weight is 227 g/mol. The molecule has 0 aliphatic carbocycles. The zero-order chi connectivity index (χ0) is 12.6. The predicted octanol–water partition coefficient (Wildman–Crippen LogP) is 3.36. The number of Topliss-reactive ketones (excluding diaryl/α,β-unsaturated/α-hetero) is 1. The first kappa shape index (κ1) is 15.6. The second-order valence-electron chi connectivity index (χ2n) is 5.05. The Hall–Kier alpha value is -0.370. The van der Waals surface area contributed by atoms with Crippen molar-refractivity contribution in [3.63, 3.8) is 0 Å². The zero-order valence-corrected chi connectivity index (χ0v) is 11.8. The van der Waals surface area contributed by atoms with E-state index in [4.69, 9.17) is 0 Å². The fraction of sp³-hybridized carbons (Fsp3) is 0.929. The van der Waals surface area contributed by atoms with E-state index in [1.165, 1.54) is 19.3 Å². The average Bonchev–Trinajstić information content (AvgIpc) is 2.22. The first-order valence-corrected chi connectivity index (χ1v) is 6.79. The Morgan fingerprint density at radius 1 is 1.25 bits per heavy atom. The van der Waals surface area contributed by atoms with E-state index in [-0.39, 0.29) is 0 Å². The number of piperidine rings is 1. The smallest absolute Gasteiger partial charge is 0.143 e. The Morgan fingerprint density at radius 2 is 1.75 bits per heavy atom. The van der Waals surface area contributed by atoms with E-state index in [0.717, 1.165) is 24.9 Å². The van der Waals surface area contributed by atoms with Crippen molar-refractivity contribution in [2.24, 2.45) is 11.8 Å². The maximum atomic E-state index is 10.9. The Labute approximate surface area is 101 Å². The summed E-state index contributed by atoms with van der Waals surface area (Å²) in [6.07, 6.45) is 3.92. The summed E-state index contributed by atoms with van der Waals surface area (Å²) in [6.45, 7) is 13.2. The van der Waals surface area contributed by atoms with E-state index in [9.17, 15) is 4.79 Å². The lowest BCUT2D eigenvalue weighted by Gasteiger charge is -2.31. The molecule has 0 aromatic heterocycles. The number of nitrogens with zero attached hydrogens (tertiary/aromatic N) is 1. The summed E-state index contributed by atoms with van der Waals surface area (Å²) in [5.74, 6) is 2.02. The maximum absolute atomic E-state index is 10.9. The van der Waals surface area contributed by atoms with Gasteiger partial charge in [0.1, 0.15) is 5.78 Å². The van der Waals surface area contributed by atoms with Gasteiger partial charge in [-0.3, -0.25) is 9.69 Å². The molecule has 0 saturated carbocycles. The second kappa shape index (κ2) is 8.74. The van der Waals surface area contributed by atoms with Gasteiger partial charge in [-0.25, -0.2) is 0 Å². The maximum Gasteiger partial charge on any atom is 0.143 e. The highest BCUT2D eigenvalue weighted by Gasteiger charge is 2.20. The van der Waals surface area contributed by atoms with Gasteiger partial charge in [-0.15, -0.1) is 0 Å². The molecule has 0 atom stereocenters. The van der Waals surface area contributed by atoms with Crippen LogP contribution in [0.5, 0.6) is 0 Å². The summed E-state index contributed by atoms with van der Waals surface area (Å²) in [4.78, 5) is 13.2. The summed E-state index contributed by atoms with van der Waals surface area (Å²) >= 11 is 0. The third kappa shape index (κ3) is 7.00. The van der Waals surface area contributed by atoms with Gasteiger partial charge in [0.25, 0.3) is 0 Å². The normalized spacial score (nSPS) is 18.1. The van der Waals surface area contributed by atoms with Crippen LogP contribution in [0.4, 0.5) is 0 Å². The summed E-state index contributed by atoms with van der Waals surface area (Å²) in [5, 5.41) is 0. The van der Waals surface area contributed by atoms with Crippen LogP contribution in [0.1, 0.15) is 53.9 Å². The molecule has 0 aromatic rings. The Balaban J connectivity index is 0.00000106. The van der Waals surface area contributed by atoms with Crippen LogP contribution in [-0.4, -0.2) is 30.3 Å². The van der Waals surface area contributed by atoms with E-state index in [1.54, 1.807) is 6.92 Å². The second-order valence-corrected chi connectivity index (χ2v) is 5.05. The molecular weight excluding hydrogens is 198 g/mol. The highest BCUT2D eigenvalue weighted by atomic mass is 16.1. The number of rotatable bonds is 4.